The smallest absolute Gasteiger partial charge is 0.127 e. The van der Waals surface area contributed by atoms with Crippen molar-refractivity contribution in [2.45, 2.75) is 6.92 Å². The number of benzene rings is 1. The Kier molecular flexibility index (Phi) is 1.96. The van der Waals surface area contributed by atoms with Crippen molar-refractivity contribution in [2.24, 2.45) is 0 Å². The van der Waals surface area contributed by atoms with Crippen LogP contribution in [0.1, 0.15) is 5.69 Å². The lowest BCUT2D eigenvalue weighted by molar-refractivity contribution is 0.627. The third-order valence-corrected chi connectivity index (χ3v) is 1.93. The fourth-order valence-electron chi connectivity index (χ4n) is 1.31. The molecule has 0 saturated heterocycles. The van der Waals surface area contributed by atoms with Crippen LogP contribution < -0.4 is 5.73 Å². The zero-order valence-corrected chi connectivity index (χ0v) is 7.74. The van der Waals surface area contributed by atoms with Crippen LogP contribution in [0.3, 0.4) is 0 Å². The molecule has 1 aromatic carbocycles. The van der Waals surface area contributed by atoms with Gasteiger partial charge in [-0.1, -0.05) is 0 Å². The summed E-state index contributed by atoms with van der Waals surface area (Å²) in [5.41, 5.74) is 7.32. The Balaban J connectivity index is 2.49. The second kappa shape index (κ2) is 3.14. The molecule has 0 aliphatic rings. The van der Waals surface area contributed by atoms with Crippen molar-refractivity contribution in [1.82, 2.24) is 9.78 Å². The summed E-state index contributed by atoms with van der Waals surface area (Å²) in [6.07, 6.45) is 0. The molecule has 3 nitrogen and oxygen atoms in total. The van der Waals surface area contributed by atoms with E-state index < -0.39 is 0 Å². The number of halogens is 1. The first-order chi connectivity index (χ1) is 6.66. The van der Waals surface area contributed by atoms with E-state index in [9.17, 15) is 4.39 Å². The molecule has 2 aromatic rings. The Bertz CT molecular complexity index is 445. The minimum absolute atomic E-state index is 0.267. The van der Waals surface area contributed by atoms with Gasteiger partial charge in [0.1, 0.15) is 11.6 Å². The molecular formula is C10H10FN3. The number of hydrogen-bond acceptors (Lipinski definition) is 2. The summed E-state index contributed by atoms with van der Waals surface area (Å²) in [4.78, 5) is 0. The van der Waals surface area contributed by atoms with Crippen LogP contribution >= 0.6 is 0 Å². The Hall–Kier alpha value is -1.84. The molecule has 1 heterocycles. The lowest BCUT2D eigenvalue weighted by Gasteiger charge is -2.02. The molecule has 2 N–H and O–H groups in total. The molecule has 0 aliphatic heterocycles. The van der Waals surface area contributed by atoms with Crippen molar-refractivity contribution < 1.29 is 4.39 Å². The molecule has 0 bridgehead atoms. The van der Waals surface area contributed by atoms with Gasteiger partial charge in [0.25, 0.3) is 0 Å². The first-order valence-electron chi connectivity index (χ1n) is 4.25. The van der Waals surface area contributed by atoms with Crippen LogP contribution in [-0.2, 0) is 0 Å². The number of rotatable bonds is 1. The topological polar surface area (TPSA) is 43.8 Å². The van der Waals surface area contributed by atoms with Gasteiger partial charge in [0.15, 0.2) is 0 Å². The van der Waals surface area contributed by atoms with Crippen molar-refractivity contribution in [3.05, 3.63) is 41.8 Å². The molecule has 14 heavy (non-hydrogen) atoms. The first-order valence-corrected chi connectivity index (χ1v) is 4.25. The summed E-state index contributed by atoms with van der Waals surface area (Å²) in [5.74, 6) is 0.283. The van der Waals surface area contributed by atoms with Crippen LogP contribution in [0, 0.1) is 12.7 Å². The van der Waals surface area contributed by atoms with Gasteiger partial charge in [0.05, 0.1) is 11.4 Å². The minimum atomic E-state index is -0.267. The number of nitrogens with zero attached hydrogens (tertiary/aromatic N) is 2. The van der Waals surface area contributed by atoms with Gasteiger partial charge in [-0.3, -0.25) is 0 Å². The zero-order valence-electron chi connectivity index (χ0n) is 7.74. The summed E-state index contributed by atoms with van der Waals surface area (Å²) in [5, 5.41) is 4.18. The van der Waals surface area contributed by atoms with Gasteiger partial charge >= 0.3 is 0 Å². The fourth-order valence-corrected chi connectivity index (χ4v) is 1.31. The van der Waals surface area contributed by atoms with Gasteiger partial charge in [0.2, 0.25) is 0 Å². The molecular weight excluding hydrogens is 181 g/mol. The molecule has 1 aromatic heterocycles. The maximum atomic E-state index is 12.6. The lowest BCUT2D eigenvalue weighted by Crippen LogP contribution is -2.01. The van der Waals surface area contributed by atoms with E-state index in [0.29, 0.717) is 5.82 Å². The number of aryl methyl sites for hydroxylation is 1. The zero-order chi connectivity index (χ0) is 10.1. The number of nitrogens with two attached hydrogens (primary N) is 1. The molecule has 0 radical (unpaired) electrons. The number of hydrogen-bond donors (Lipinski definition) is 1. The highest BCUT2D eigenvalue weighted by Gasteiger charge is 2.03. The van der Waals surface area contributed by atoms with Crippen LogP contribution in [0.15, 0.2) is 30.3 Å². The second-order valence-electron chi connectivity index (χ2n) is 3.10. The molecule has 0 fully saturated rings. The van der Waals surface area contributed by atoms with Gasteiger partial charge in [-0.05, 0) is 31.2 Å². The highest BCUT2D eigenvalue weighted by molar-refractivity contribution is 5.42. The van der Waals surface area contributed by atoms with Crippen LogP contribution in [0.25, 0.3) is 5.69 Å². The third kappa shape index (κ3) is 1.46. The molecule has 0 aliphatic carbocycles. The van der Waals surface area contributed by atoms with Crippen LogP contribution in [0.2, 0.25) is 0 Å². The number of nitrogen functional groups attached to an aromatic ring is 1. The van der Waals surface area contributed by atoms with Crippen molar-refractivity contribution in [1.29, 1.82) is 0 Å². The van der Waals surface area contributed by atoms with E-state index in [4.69, 9.17) is 5.73 Å². The van der Waals surface area contributed by atoms with Crippen LogP contribution in [0.4, 0.5) is 10.2 Å². The van der Waals surface area contributed by atoms with E-state index >= 15 is 0 Å². The van der Waals surface area contributed by atoms with Crippen molar-refractivity contribution >= 4 is 5.82 Å². The largest absolute Gasteiger partial charge is 0.384 e. The Morgan fingerprint density at radius 1 is 1.29 bits per heavy atom. The summed E-state index contributed by atoms with van der Waals surface area (Å²) in [7, 11) is 0. The van der Waals surface area contributed by atoms with Gasteiger partial charge in [0, 0.05) is 6.07 Å². The second-order valence-corrected chi connectivity index (χ2v) is 3.10. The fraction of sp³-hybridized carbons (Fsp3) is 0.100. The molecule has 0 unspecified atom stereocenters. The highest BCUT2D eigenvalue weighted by Crippen LogP contribution is 2.14. The Morgan fingerprint density at radius 2 is 1.93 bits per heavy atom. The van der Waals surface area contributed by atoms with Crippen molar-refractivity contribution in [3.8, 4) is 5.69 Å². The summed E-state index contributed by atoms with van der Waals surface area (Å²) >= 11 is 0. The predicted molar refractivity (Wildman–Crippen MR) is 52.7 cm³/mol. The molecule has 0 spiro atoms. The molecule has 0 saturated carbocycles. The molecule has 0 atom stereocenters. The van der Waals surface area contributed by atoms with E-state index in [-0.39, 0.29) is 5.82 Å². The molecule has 4 heteroatoms. The van der Waals surface area contributed by atoms with Gasteiger partial charge < -0.3 is 5.73 Å². The average molecular weight is 191 g/mol. The Labute approximate surface area is 81.0 Å². The predicted octanol–water partition coefficient (Wildman–Crippen LogP) is 1.90. The number of anilines is 1. The molecule has 2 rings (SSSR count). The van der Waals surface area contributed by atoms with Gasteiger partial charge in [-0.2, -0.15) is 5.10 Å². The number of aromatic nitrogens is 2. The third-order valence-electron chi connectivity index (χ3n) is 1.93. The van der Waals surface area contributed by atoms with Crippen LogP contribution in [0.5, 0.6) is 0 Å². The van der Waals surface area contributed by atoms with Gasteiger partial charge in [-0.25, -0.2) is 9.07 Å². The standard InChI is InChI=1S/C10H10FN3/c1-7-6-10(12)14(13-7)9-4-2-8(11)3-5-9/h2-6H,12H2,1H3. The monoisotopic (exact) mass is 191 g/mol. The van der Waals surface area contributed by atoms with Crippen molar-refractivity contribution in [3.63, 3.8) is 0 Å². The van der Waals surface area contributed by atoms with E-state index in [0.717, 1.165) is 11.4 Å². The normalized spacial score (nSPS) is 10.4. The lowest BCUT2D eigenvalue weighted by atomic mass is 10.3. The van der Waals surface area contributed by atoms with E-state index in [1.807, 2.05) is 6.92 Å². The maximum Gasteiger partial charge on any atom is 0.127 e. The molecule has 72 valence electrons. The average Bonchev–Trinajstić information content (AvgIpc) is 2.47. The van der Waals surface area contributed by atoms with Crippen LogP contribution in [-0.4, -0.2) is 9.78 Å². The summed E-state index contributed by atoms with van der Waals surface area (Å²) < 4.78 is 14.2. The van der Waals surface area contributed by atoms with E-state index in [1.165, 1.54) is 12.1 Å². The maximum absolute atomic E-state index is 12.6. The summed E-state index contributed by atoms with van der Waals surface area (Å²) in [6.45, 7) is 1.86. The SMILES string of the molecule is Cc1cc(N)n(-c2ccc(F)cc2)n1. The van der Waals surface area contributed by atoms with Gasteiger partial charge in [-0.15, -0.1) is 0 Å². The quantitative estimate of drug-likeness (QED) is 0.748. The molecule has 0 amide bonds. The van der Waals surface area contributed by atoms with E-state index in [1.54, 1.807) is 22.9 Å². The van der Waals surface area contributed by atoms with Crippen molar-refractivity contribution in [2.75, 3.05) is 5.73 Å². The highest BCUT2D eigenvalue weighted by atomic mass is 19.1. The van der Waals surface area contributed by atoms with E-state index in [2.05, 4.69) is 5.10 Å². The summed E-state index contributed by atoms with van der Waals surface area (Å²) in [6, 6.07) is 7.80. The Morgan fingerprint density at radius 3 is 2.43 bits per heavy atom. The minimum Gasteiger partial charge on any atom is -0.384 e. The first kappa shape index (κ1) is 8.74.